The normalized spacial score (nSPS) is 16.2. The number of hydrogen-bond acceptors (Lipinski definition) is 4. The molecule has 0 bridgehead atoms. The first-order valence-corrected chi connectivity index (χ1v) is 11.3. The van der Waals surface area contributed by atoms with Gasteiger partial charge in [-0.05, 0) is 48.9 Å². The maximum Gasteiger partial charge on any atom is 0.407 e. The zero-order chi connectivity index (χ0) is 23.8. The van der Waals surface area contributed by atoms with Crippen LogP contribution in [0.4, 0.5) is 4.79 Å². The van der Waals surface area contributed by atoms with Crippen LogP contribution >= 0.6 is 0 Å². The Bertz CT molecular complexity index is 1040. The molecule has 2 aliphatic carbocycles. The Morgan fingerprint density at radius 3 is 2.09 bits per heavy atom. The van der Waals surface area contributed by atoms with Gasteiger partial charge in [-0.3, -0.25) is 4.79 Å². The van der Waals surface area contributed by atoms with Gasteiger partial charge in [0.15, 0.2) is 0 Å². The molecule has 0 aliphatic heterocycles. The van der Waals surface area contributed by atoms with Gasteiger partial charge in [-0.2, -0.15) is 0 Å². The van der Waals surface area contributed by atoms with Crippen LogP contribution in [0.3, 0.4) is 0 Å². The molecule has 7 heteroatoms. The monoisotopic (exact) mass is 450 g/mol. The van der Waals surface area contributed by atoms with E-state index in [1.807, 2.05) is 24.3 Å². The van der Waals surface area contributed by atoms with E-state index in [-0.39, 0.29) is 25.0 Å². The largest absolute Gasteiger partial charge is 0.480 e. The third-order valence-electron chi connectivity index (χ3n) is 7.35. The minimum absolute atomic E-state index is 0.0371. The van der Waals surface area contributed by atoms with Gasteiger partial charge < -0.3 is 20.1 Å². The van der Waals surface area contributed by atoms with Crippen molar-refractivity contribution in [2.45, 2.75) is 44.6 Å². The molecule has 0 radical (unpaired) electrons. The van der Waals surface area contributed by atoms with Gasteiger partial charge in [-0.25, -0.2) is 9.59 Å². The molecule has 0 heterocycles. The summed E-state index contributed by atoms with van der Waals surface area (Å²) in [6, 6.07) is 16.3. The molecule has 2 N–H and O–H groups in total. The van der Waals surface area contributed by atoms with Crippen LogP contribution in [0, 0.1) is 5.41 Å². The van der Waals surface area contributed by atoms with Crippen LogP contribution in [0.15, 0.2) is 48.5 Å². The van der Waals surface area contributed by atoms with Gasteiger partial charge in [0, 0.05) is 19.5 Å². The summed E-state index contributed by atoms with van der Waals surface area (Å²) >= 11 is 0. The van der Waals surface area contributed by atoms with E-state index in [9.17, 15) is 19.5 Å². The molecule has 0 aromatic heterocycles. The molecule has 174 valence electrons. The van der Waals surface area contributed by atoms with Crippen molar-refractivity contribution in [3.05, 3.63) is 59.7 Å². The van der Waals surface area contributed by atoms with Crippen LogP contribution in [0.1, 0.15) is 50.2 Å². The molecule has 2 aromatic rings. The second-order valence-corrected chi connectivity index (χ2v) is 9.54. The molecule has 0 saturated heterocycles. The number of aliphatic carboxylic acids is 1. The summed E-state index contributed by atoms with van der Waals surface area (Å²) in [6.45, 7) is 3.33. The molecule has 4 rings (SSSR count). The second-order valence-electron chi connectivity index (χ2n) is 9.54. The first-order valence-electron chi connectivity index (χ1n) is 11.3. The standard InChI is InChI=1S/C26H30N2O5/c1-25(2,23(30)31)28(3)22(29)26(13-8-14-26)16-27-24(32)33-15-21-19-11-6-4-9-17(19)18-10-5-7-12-20(18)21/h4-7,9-12,21H,8,13-16H2,1-3H3,(H,27,32)(H,30,31). The van der Waals surface area contributed by atoms with Crippen LogP contribution in [0.2, 0.25) is 0 Å². The zero-order valence-electron chi connectivity index (χ0n) is 19.3. The van der Waals surface area contributed by atoms with Gasteiger partial charge in [-0.15, -0.1) is 0 Å². The molecule has 0 atom stereocenters. The maximum atomic E-state index is 13.1. The molecule has 1 saturated carbocycles. The number of carboxylic acids is 1. The lowest BCUT2D eigenvalue weighted by Gasteiger charge is -2.45. The Balaban J connectivity index is 1.39. The fraction of sp³-hybridized carbons (Fsp3) is 0.423. The Kier molecular flexibility index (Phi) is 5.91. The molecule has 2 aromatic carbocycles. The number of amides is 2. The number of carboxylic acid groups (broad SMARTS) is 1. The van der Waals surface area contributed by atoms with Crippen molar-refractivity contribution in [1.29, 1.82) is 0 Å². The topological polar surface area (TPSA) is 95.9 Å². The highest BCUT2D eigenvalue weighted by Gasteiger charge is 2.49. The number of alkyl carbamates (subject to hydrolysis) is 1. The maximum absolute atomic E-state index is 13.1. The number of rotatable bonds is 7. The Hall–Kier alpha value is -3.35. The van der Waals surface area contributed by atoms with E-state index in [2.05, 4.69) is 29.6 Å². The molecule has 33 heavy (non-hydrogen) atoms. The predicted molar refractivity (Wildman–Crippen MR) is 124 cm³/mol. The van der Waals surface area contributed by atoms with Crippen molar-refractivity contribution < 1.29 is 24.2 Å². The number of ether oxygens (including phenoxy) is 1. The van der Waals surface area contributed by atoms with Gasteiger partial charge in [0.2, 0.25) is 5.91 Å². The molecule has 0 unspecified atom stereocenters. The van der Waals surface area contributed by atoms with E-state index in [1.54, 1.807) is 0 Å². The number of carbonyl (C=O) groups excluding carboxylic acids is 2. The molecular formula is C26H30N2O5. The summed E-state index contributed by atoms with van der Waals surface area (Å²) in [7, 11) is 1.50. The average Bonchev–Trinajstić information content (AvgIpc) is 3.10. The number of fused-ring (bicyclic) bond motifs is 3. The van der Waals surface area contributed by atoms with Crippen molar-refractivity contribution >= 4 is 18.0 Å². The highest BCUT2D eigenvalue weighted by atomic mass is 16.5. The van der Waals surface area contributed by atoms with Crippen LogP contribution in [-0.2, 0) is 14.3 Å². The van der Waals surface area contributed by atoms with E-state index in [0.717, 1.165) is 28.7 Å². The fourth-order valence-electron chi connectivity index (χ4n) is 4.71. The van der Waals surface area contributed by atoms with Gasteiger partial charge in [0.05, 0.1) is 5.41 Å². The molecule has 1 fully saturated rings. The van der Waals surface area contributed by atoms with Crippen LogP contribution in [-0.4, -0.2) is 53.7 Å². The van der Waals surface area contributed by atoms with E-state index < -0.39 is 23.0 Å². The number of nitrogens with zero attached hydrogens (tertiary/aromatic N) is 1. The molecule has 2 amide bonds. The van der Waals surface area contributed by atoms with Crippen molar-refractivity contribution in [1.82, 2.24) is 10.2 Å². The average molecular weight is 451 g/mol. The van der Waals surface area contributed by atoms with Gasteiger partial charge in [0.25, 0.3) is 0 Å². The summed E-state index contributed by atoms with van der Waals surface area (Å²) < 4.78 is 5.58. The summed E-state index contributed by atoms with van der Waals surface area (Å²) in [5.41, 5.74) is 2.47. The molecular weight excluding hydrogens is 420 g/mol. The van der Waals surface area contributed by atoms with E-state index in [1.165, 1.54) is 25.8 Å². The van der Waals surface area contributed by atoms with Gasteiger partial charge in [-0.1, -0.05) is 55.0 Å². The quantitative estimate of drug-likeness (QED) is 0.664. The van der Waals surface area contributed by atoms with Crippen molar-refractivity contribution in [2.75, 3.05) is 20.2 Å². The minimum Gasteiger partial charge on any atom is -0.480 e. The third-order valence-corrected chi connectivity index (χ3v) is 7.35. The number of hydrogen-bond donors (Lipinski definition) is 2. The minimum atomic E-state index is -1.33. The van der Waals surface area contributed by atoms with E-state index in [4.69, 9.17) is 4.74 Å². The van der Waals surface area contributed by atoms with E-state index >= 15 is 0 Å². The Morgan fingerprint density at radius 1 is 1.06 bits per heavy atom. The van der Waals surface area contributed by atoms with Crippen LogP contribution < -0.4 is 5.32 Å². The first kappa shape index (κ1) is 22.8. The third kappa shape index (κ3) is 3.96. The smallest absolute Gasteiger partial charge is 0.407 e. The number of nitrogens with one attached hydrogen (secondary N) is 1. The van der Waals surface area contributed by atoms with Crippen molar-refractivity contribution in [3.63, 3.8) is 0 Å². The molecule has 7 nitrogen and oxygen atoms in total. The SMILES string of the molecule is CN(C(=O)C1(CNC(=O)OCC2c3ccccc3-c3ccccc32)CCC1)C(C)(C)C(=O)O. The summed E-state index contributed by atoms with van der Waals surface area (Å²) in [5.74, 6) is -1.37. The van der Waals surface area contributed by atoms with Crippen molar-refractivity contribution in [3.8, 4) is 11.1 Å². The van der Waals surface area contributed by atoms with Crippen molar-refractivity contribution in [2.24, 2.45) is 5.41 Å². The summed E-state index contributed by atoms with van der Waals surface area (Å²) in [6.07, 6.45) is 1.50. The predicted octanol–water partition coefficient (Wildman–Crippen LogP) is 4.02. The first-order chi connectivity index (χ1) is 15.7. The lowest BCUT2D eigenvalue weighted by Crippen LogP contribution is -2.59. The molecule has 0 spiro atoms. The van der Waals surface area contributed by atoms with Crippen LogP contribution in [0.25, 0.3) is 11.1 Å². The summed E-state index contributed by atoms with van der Waals surface area (Å²) in [5, 5.41) is 12.2. The molecule has 2 aliphatic rings. The number of likely N-dealkylation sites (N-methyl/N-ethyl adjacent to an activating group) is 1. The lowest BCUT2D eigenvalue weighted by atomic mass is 9.67. The van der Waals surface area contributed by atoms with E-state index in [0.29, 0.717) is 12.8 Å². The summed E-state index contributed by atoms with van der Waals surface area (Å²) in [4.78, 5) is 38.5. The zero-order valence-corrected chi connectivity index (χ0v) is 19.3. The number of carbonyl (C=O) groups is 3. The fourth-order valence-corrected chi connectivity index (χ4v) is 4.71. The lowest BCUT2D eigenvalue weighted by molar-refractivity contribution is -0.162. The second kappa shape index (κ2) is 8.54. The van der Waals surface area contributed by atoms with Gasteiger partial charge in [0.1, 0.15) is 12.1 Å². The Labute approximate surface area is 193 Å². The Morgan fingerprint density at radius 2 is 1.61 bits per heavy atom. The number of benzene rings is 2. The highest BCUT2D eigenvalue weighted by Crippen LogP contribution is 2.45. The van der Waals surface area contributed by atoms with Crippen LogP contribution in [0.5, 0.6) is 0 Å². The highest BCUT2D eigenvalue weighted by molar-refractivity contribution is 5.90. The van der Waals surface area contributed by atoms with Gasteiger partial charge >= 0.3 is 12.1 Å².